The van der Waals surface area contributed by atoms with Crippen molar-refractivity contribution in [2.75, 3.05) is 7.11 Å². The number of hydrogen-bond acceptors (Lipinski definition) is 3. The fraction of sp³-hybridized carbons (Fsp3) is 0.462. The van der Waals surface area contributed by atoms with Gasteiger partial charge in [-0.15, -0.1) is 0 Å². The normalized spacial score (nSPS) is 14.1. The molecule has 18 heavy (non-hydrogen) atoms. The molecule has 0 amide bonds. The summed E-state index contributed by atoms with van der Waals surface area (Å²) in [7, 11) is 1.27. The zero-order valence-corrected chi connectivity index (χ0v) is 10.5. The minimum absolute atomic E-state index is 0.00833. The fourth-order valence-electron chi connectivity index (χ4n) is 1.85. The van der Waals surface area contributed by atoms with Crippen molar-refractivity contribution >= 4 is 5.97 Å². The van der Waals surface area contributed by atoms with Gasteiger partial charge in [0.1, 0.15) is 11.6 Å². The predicted octanol–water partition coefficient (Wildman–Crippen LogP) is 2.35. The van der Waals surface area contributed by atoms with Crippen molar-refractivity contribution in [3.05, 3.63) is 35.4 Å². The van der Waals surface area contributed by atoms with Gasteiger partial charge >= 0.3 is 5.97 Å². The van der Waals surface area contributed by atoms with Crippen LogP contribution in [0, 0.1) is 11.6 Å². The van der Waals surface area contributed by atoms with E-state index in [0.717, 1.165) is 6.07 Å². The van der Waals surface area contributed by atoms with Crippen molar-refractivity contribution in [2.45, 2.75) is 31.7 Å². The van der Waals surface area contributed by atoms with Gasteiger partial charge in [0.05, 0.1) is 13.5 Å². The maximum absolute atomic E-state index is 13.2. The van der Waals surface area contributed by atoms with E-state index in [1.165, 1.54) is 19.2 Å². The van der Waals surface area contributed by atoms with Gasteiger partial charge in [0.15, 0.2) is 0 Å². The molecule has 1 rings (SSSR count). The molecule has 0 aliphatic carbocycles. The lowest BCUT2D eigenvalue weighted by molar-refractivity contribution is -0.141. The van der Waals surface area contributed by atoms with Gasteiger partial charge in [0.2, 0.25) is 0 Å². The van der Waals surface area contributed by atoms with Gasteiger partial charge in [-0.25, -0.2) is 8.78 Å². The summed E-state index contributed by atoms with van der Waals surface area (Å²) < 4.78 is 30.9. The average molecular weight is 257 g/mol. The molecule has 1 aromatic rings. The van der Waals surface area contributed by atoms with E-state index in [1.807, 2.05) is 6.92 Å². The van der Waals surface area contributed by atoms with Crippen molar-refractivity contribution in [1.29, 1.82) is 0 Å². The van der Waals surface area contributed by atoms with E-state index in [4.69, 9.17) is 5.73 Å². The van der Waals surface area contributed by atoms with E-state index in [0.29, 0.717) is 12.0 Å². The number of carbonyl (C=O) groups excluding carboxylic acids is 1. The van der Waals surface area contributed by atoms with E-state index in [2.05, 4.69) is 4.74 Å². The Labute approximate surface area is 105 Å². The zero-order chi connectivity index (χ0) is 13.7. The summed E-state index contributed by atoms with van der Waals surface area (Å²) in [5.74, 6) is -2.26. The molecule has 0 aromatic heterocycles. The molecule has 0 radical (unpaired) electrons. The summed E-state index contributed by atoms with van der Waals surface area (Å²) in [6, 6.07) is 2.83. The second-order valence-electron chi connectivity index (χ2n) is 4.16. The fourth-order valence-corrected chi connectivity index (χ4v) is 1.85. The first-order valence-corrected chi connectivity index (χ1v) is 5.76. The number of nitrogens with two attached hydrogens (primary N) is 1. The molecular weight excluding hydrogens is 240 g/mol. The zero-order valence-electron chi connectivity index (χ0n) is 10.5. The maximum Gasteiger partial charge on any atom is 0.306 e. The highest BCUT2D eigenvalue weighted by molar-refractivity contribution is 5.70. The Hall–Kier alpha value is -1.49. The number of halogens is 2. The summed E-state index contributed by atoms with van der Waals surface area (Å²) in [5, 5.41) is 0. The second kappa shape index (κ2) is 6.44. The molecule has 0 spiro atoms. The van der Waals surface area contributed by atoms with E-state index in [1.54, 1.807) is 0 Å². The maximum atomic E-state index is 13.2. The molecule has 0 aliphatic rings. The highest BCUT2D eigenvalue weighted by Gasteiger charge is 2.23. The SMILES string of the molecule is CCC(N)C(CC(=O)OC)c1cc(F)cc(F)c1. The number of methoxy groups -OCH3 is 1. The van der Waals surface area contributed by atoms with Crippen LogP contribution < -0.4 is 5.73 Å². The van der Waals surface area contributed by atoms with Crippen molar-refractivity contribution in [3.63, 3.8) is 0 Å². The Kier molecular flexibility index (Phi) is 5.22. The van der Waals surface area contributed by atoms with Crippen LogP contribution in [-0.4, -0.2) is 19.1 Å². The molecule has 100 valence electrons. The minimum Gasteiger partial charge on any atom is -0.469 e. The molecule has 1 aromatic carbocycles. The number of carbonyl (C=O) groups is 1. The molecule has 0 saturated carbocycles. The first-order valence-electron chi connectivity index (χ1n) is 5.76. The summed E-state index contributed by atoms with van der Waals surface area (Å²) >= 11 is 0. The Morgan fingerprint density at radius 2 is 1.89 bits per heavy atom. The van der Waals surface area contributed by atoms with Crippen molar-refractivity contribution in [2.24, 2.45) is 5.73 Å². The lowest BCUT2D eigenvalue weighted by Gasteiger charge is -2.22. The van der Waals surface area contributed by atoms with E-state index < -0.39 is 23.5 Å². The van der Waals surface area contributed by atoms with E-state index >= 15 is 0 Å². The van der Waals surface area contributed by atoms with Gasteiger partial charge in [-0.1, -0.05) is 6.92 Å². The summed E-state index contributed by atoms with van der Waals surface area (Å²) in [6.07, 6.45) is 0.605. The van der Waals surface area contributed by atoms with Crippen LogP contribution in [0.2, 0.25) is 0 Å². The monoisotopic (exact) mass is 257 g/mol. The predicted molar refractivity (Wildman–Crippen MR) is 64.0 cm³/mol. The lowest BCUT2D eigenvalue weighted by atomic mass is 9.87. The van der Waals surface area contributed by atoms with Gasteiger partial charge in [0.25, 0.3) is 0 Å². The molecule has 5 heteroatoms. The molecule has 2 N–H and O–H groups in total. The lowest BCUT2D eigenvalue weighted by Crippen LogP contribution is -2.29. The first kappa shape index (κ1) is 14.6. The Morgan fingerprint density at radius 1 is 1.33 bits per heavy atom. The first-order chi connectivity index (χ1) is 8.47. The minimum atomic E-state index is -0.678. The van der Waals surface area contributed by atoms with Crippen LogP contribution in [0.15, 0.2) is 18.2 Å². The Morgan fingerprint density at radius 3 is 2.33 bits per heavy atom. The van der Waals surface area contributed by atoms with Crippen LogP contribution in [0.25, 0.3) is 0 Å². The highest BCUT2D eigenvalue weighted by Crippen LogP contribution is 2.26. The summed E-state index contributed by atoms with van der Waals surface area (Å²) in [5.41, 5.74) is 6.28. The smallest absolute Gasteiger partial charge is 0.306 e. The van der Waals surface area contributed by atoms with Crippen LogP contribution in [0.5, 0.6) is 0 Å². The molecule has 0 aliphatic heterocycles. The average Bonchev–Trinajstić information content (AvgIpc) is 2.33. The molecular formula is C13H17F2NO2. The molecule has 0 saturated heterocycles. The van der Waals surface area contributed by atoms with Crippen molar-refractivity contribution in [1.82, 2.24) is 0 Å². The third-order valence-electron chi connectivity index (χ3n) is 2.92. The van der Waals surface area contributed by atoms with Gasteiger partial charge < -0.3 is 10.5 Å². The van der Waals surface area contributed by atoms with E-state index in [9.17, 15) is 13.6 Å². The summed E-state index contributed by atoms with van der Waals surface area (Å²) in [6.45, 7) is 1.85. The number of ether oxygens (including phenoxy) is 1. The van der Waals surface area contributed by atoms with Gasteiger partial charge in [0, 0.05) is 18.0 Å². The molecule has 0 bridgehead atoms. The standard InChI is InChI=1S/C13H17F2NO2/c1-3-12(16)11(7-13(17)18-2)8-4-9(14)6-10(15)5-8/h4-6,11-12H,3,7,16H2,1-2H3. The van der Waals surface area contributed by atoms with Crippen molar-refractivity contribution in [3.8, 4) is 0 Å². The number of hydrogen-bond donors (Lipinski definition) is 1. The molecule has 2 unspecified atom stereocenters. The van der Waals surface area contributed by atoms with Gasteiger partial charge in [-0.2, -0.15) is 0 Å². The topological polar surface area (TPSA) is 52.3 Å². The van der Waals surface area contributed by atoms with Crippen LogP contribution >= 0.6 is 0 Å². The van der Waals surface area contributed by atoms with E-state index in [-0.39, 0.29) is 12.5 Å². The highest BCUT2D eigenvalue weighted by atomic mass is 19.1. The molecule has 0 heterocycles. The van der Waals surface area contributed by atoms with Crippen LogP contribution in [0.3, 0.4) is 0 Å². The Balaban J connectivity index is 3.04. The molecule has 2 atom stereocenters. The largest absolute Gasteiger partial charge is 0.469 e. The van der Waals surface area contributed by atoms with Crippen LogP contribution in [0.4, 0.5) is 8.78 Å². The van der Waals surface area contributed by atoms with Crippen LogP contribution in [-0.2, 0) is 9.53 Å². The molecule has 0 fully saturated rings. The third-order valence-corrected chi connectivity index (χ3v) is 2.92. The third kappa shape index (κ3) is 3.77. The van der Waals surface area contributed by atoms with Gasteiger partial charge in [-0.3, -0.25) is 4.79 Å². The molecule has 3 nitrogen and oxygen atoms in total. The quantitative estimate of drug-likeness (QED) is 0.824. The summed E-state index contributed by atoms with van der Waals surface area (Å²) in [4.78, 5) is 11.3. The van der Waals surface area contributed by atoms with Crippen molar-refractivity contribution < 1.29 is 18.3 Å². The number of rotatable bonds is 5. The Bertz CT molecular complexity index is 403. The number of esters is 1. The second-order valence-corrected chi connectivity index (χ2v) is 4.16. The van der Waals surface area contributed by atoms with Crippen LogP contribution in [0.1, 0.15) is 31.2 Å². The van der Waals surface area contributed by atoms with Gasteiger partial charge in [-0.05, 0) is 24.1 Å². The number of benzene rings is 1.